The molecule has 0 spiro atoms. The van der Waals surface area contributed by atoms with Gasteiger partial charge in [-0.05, 0) is 74.6 Å². The third-order valence-corrected chi connectivity index (χ3v) is 6.33. The van der Waals surface area contributed by atoms with Gasteiger partial charge in [0, 0.05) is 15.6 Å². The number of hydrogen-bond acceptors (Lipinski definition) is 4. The third-order valence-electron chi connectivity index (χ3n) is 5.35. The Hall–Kier alpha value is -2.30. The highest BCUT2D eigenvalue weighted by Gasteiger charge is 2.21. The van der Waals surface area contributed by atoms with Crippen LogP contribution in [0.15, 0.2) is 57.7 Å². The first-order valence-corrected chi connectivity index (χ1v) is 12.6. The number of hydrogen-bond donors (Lipinski definition) is 1. The highest BCUT2D eigenvalue weighted by Crippen LogP contribution is 2.29. The average molecular weight is 598 g/mol. The molecule has 2 aliphatic heterocycles. The monoisotopic (exact) mass is 596 g/mol. The van der Waals surface area contributed by atoms with Crippen molar-refractivity contribution in [2.45, 2.75) is 38.3 Å². The van der Waals surface area contributed by atoms with Gasteiger partial charge in [0.15, 0.2) is 6.23 Å². The van der Waals surface area contributed by atoms with Gasteiger partial charge < -0.3 is 9.47 Å². The van der Waals surface area contributed by atoms with Crippen molar-refractivity contribution < 1.29 is 18.3 Å². The van der Waals surface area contributed by atoms with Crippen molar-refractivity contribution in [3.8, 4) is 0 Å². The molecule has 1 N–H and O–H groups in total. The Kier molecular flexibility index (Phi) is 8.69. The number of nitrogens with zero attached hydrogens (tertiary/aromatic N) is 3. The highest BCUT2D eigenvalue weighted by atomic mass is 79.9. The van der Waals surface area contributed by atoms with Crippen LogP contribution in [0.2, 0.25) is 0 Å². The number of allylic oxidation sites excluding steroid dienone is 1. The van der Waals surface area contributed by atoms with E-state index in [4.69, 9.17) is 9.47 Å². The van der Waals surface area contributed by atoms with Gasteiger partial charge in [-0.1, -0.05) is 31.9 Å². The van der Waals surface area contributed by atoms with Gasteiger partial charge in [-0.3, -0.25) is 5.10 Å². The van der Waals surface area contributed by atoms with Crippen LogP contribution in [-0.2, 0) is 9.47 Å². The quantitative estimate of drug-likeness (QED) is 0.248. The number of H-pyrrole nitrogens is 1. The molecule has 180 valence electrons. The summed E-state index contributed by atoms with van der Waals surface area (Å²) in [7, 11) is 0. The van der Waals surface area contributed by atoms with Crippen molar-refractivity contribution >= 4 is 53.7 Å². The number of aromatic amines is 1. The van der Waals surface area contributed by atoms with Gasteiger partial charge in [0.2, 0.25) is 11.9 Å². The minimum absolute atomic E-state index is 0.128. The van der Waals surface area contributed by atoms with Crippen LogP contribution in [0.3, 0.4) is 0 Å². The van der Waals surface area contributed by atoms with Gasteiger partial charge in [-0.2, -0.15) is 13.9 Å². The van der Waals surface area contributed by atoms with Crippen LogP contribution in [-0.4, -0.2) is 33.2 Å². The first-order chi connectivity index (χ1) is 16.5. The number of fused-ring (bicyclic) bond motifs is 2. The molecular weight excluding hydrogens is 574 g/mol. The summed E-state index contributed by atoms with van der Waals surface area (Å²) in [5, 5.41) is 11.0. The summed E-state index contributed by atoms with van der Waals surface area (Å²) in [5.41, 5.74) is 1.43. The summed E-state index contributed by atoms with van der Waals surface area (Å²) in [6.07, 6.45) is 9.14. The van der Waals surface area contributed by atoms with E-state index in [1.165, 1.54) is 12.8 Å². The fraction of sp³-hybridized carbons (Fsp3) is 0.333. The van der Waals surface area contributed by atoms with Gasteiger partial charge in [-0.15, -0.1) is 5.10 Å². The van der Waals surface area contributed by atoms with Crippen molar-refractivity contribution in [1.29, 1.82) is 0 Å². The number of benzene rings is 2. The first kappa shape index (κ1) is 24.8. The van der Waals surface area contributed by atoms with E-state index in [-0.39, 0.29) is 12.2 Å². The van der Waals surface area contributed by atoms with Crippen molar-refractivity contribution in [1.82, 2.24) is 20.0 Å². The first-order valence-electron chi connectivity index (χ1n) is 11.0. The molecule has 0 amide bonds. The molecule has 34 heavy (non-hydrogen) atoms. The Morgan fingerprint density at radius 1 is 0.971 bits per heavy atom. The van der Waals surface area contributed by atoms with Crippen LogP contribution in [0.5, 0.6) is 0 Å². The Bertz CT molecular complexity index is 1260. The van der Waals surface area contributed by atoms with E-state index in [0.29, 0.717) is 16.3 Å². The van der Waals surface area contributed by atoms with E-state index in [2.05, 4.69) is 47.2 Å². The summed E-state index contributed by atoms with van der Waals surface area (Å²) in [6, 6.07) is 10.8. The van der Waals surface area contributed by atoms with Crippen molar-refractivity contribution in [2.24, 2.45) is 0 Å². The largest absolute Gasteiger partial charge is 0.502 e. The summed E-state index contributed by atoms with van der Waals surface area (Å²) >= 11 is 6.58. The zero-order valence-electron chi connectivity index (χ0n) is 18.3. The second-order valence-corrected chi connectivity index (χ2v) is 9.63. The maximum atomic E-state index is 13.7. The van der Waals surface area contributed by atoms with Gasteiger partial charge in [0.25, 0.3) is 0 Å². The molecule has 1 unspecified atom stereocenters. The smallest absolute Gasteiger partial charge is 0.240 e. The van der Waals surface area contributed by atoms with E-state index >= 15 is 0 Å². The molecule has 1 saturated heterocycles. The van der Waals surface area contributed by atoms with E-state index in [1.54, 1.807) is 29.1 Å². The summed E-state index contributed by atoms with van der Waals surface area (Å²) < 4.78 is 40.4. The molecule has 6 rings (SSSR count). The second kappa shape index (κ2) is 11.9. The molecule has 2 aliphatic rings. The fourth-order valence-corrected chi connectivity index (χ4v) is 4.37. The standard InChI is InChI=1S/C12H12BrFN2O.C7H4BrFN2.C5H8O/c13-8-4-5-10-9(7-8)12(14)15-16(10)11-3-1-2-6-17-11;8-4-1-2-6-5(3-4)7(9)11-10-6;1-2-4-6-5-3-1/h4-5,7,11H,1-3,6H2;1-3H,(H,10,11);2,4H,1,3,5H2. The number of nitrogens with one attached hydrogen (secondary N) is 1. The molecule has 10 heteroatoms. The fourth-order valence-electron chi connectivity index (χ4n) is 3.65. The van der Waals surface area contributed by atoms with E-state index in [0.717, 1.165) is 46.9 Å². The molecule has 1 atom stereocenters. The molecule has 0 saturated carbocycles. The zero-order chi connectivity index (χ0) is 23.9. The Morgan fingerprint density at radius 2 is 1.76 bits per heavy atom. The lowest BCUT2D eigenvalue weighted by Crippen LogP contribution is -2.19. The molecule has 2 aromatic heterocycles. The molecule has 6 nitrogen and oxygen atoms in total. The lowest BCUT2D eigenvalue weighted by atomic mass is 10.2. The van der Waals surface area contributed by atoms with E-state index in [9.17, 15) is 8.78 Å². The second-order valence-electron chi connectivity index (χ2n) is 7.80. The number of rotatable bonds is 1. The number of aromatic nitrogens is 4. The van der Waals surface area contributed by atoms with Crippen molar-refractivity contribution in [3.05, 3.63) is 69.6 Å². The molecule has 0 aliphatic carbocycles. The van der Waals surface area contributed by atoms with Gasteiger partial charge >= 0.3 is 0 Å². The van der Waals surface area contributed by atoms with Crippen LogP contribution >= 0.6 is 31.9 Å². The van der Waals surface area contributed by atoms with Crippen LogP contribution in [0.1, 0.15) is 38.3 Å². The van der Waals surface area contributed by atoms with Gasteiger partial charge in [-0.25, -0.2) is 4.68 Å². The molecule has 4 heterocycles. The molecule has 0 radical (unpaired) electrons. The molecule has 2 aromatic carbocycles. The van der Waals surface area contributed by atoms with Crippen molar-refractivity contribution in [2.75, 3.05) is 13.2 Å². The summed E-state index contributed by atoms with van der Waals surface area (Å²) in [6.45, 7) is 1.64. The van der Waals surface area contributed by atoms with Gasteiger partial charge in [0.1, 0.15) is 0 Å². The summed E-state index contributed by atoms with van der Waals surface area (Å²) in [5.74, 6) is -0.822. The topological polar surface area (TPSA) is 65.0 Å². The zero-order valence-corrected chi connectivity index (χ0v) is 21.5. The Labute approximate surface area is 212 Å². The van der Waals surface area contributed by atoms with E-state index < -0.39 is 5.95 Å². The number of ether oxygens (including phenoxy) is 2. The maximum Gasteiger partial charge on any atom is 0.240 e. The maximum absolute atomic E-state index is 13.7. The lowest BCUT2D eigenvalue weighted by molar-refractivity contribution is -0.0375. The third kappa shape index (κ3) is 6.22. The highest BCUT2D eigenvalue weighted by molar-refractivity contribution is 9.10. The van der Waals surface area contributed by atoms with Crippen LogP contribution in [0.25, 0.3) is 21.8 Å². The van der Waals surface area contributed by atoms with Crippen LogP contribution in [0.4, 0.5) is 8.78 Å². The molecule has 1 fully saturated rings. The average Bonchev–Trinajstić information content (AvgIpc) is 3.41. The SMILES string of the molecule is C1=COCCC1.Fc1[nH]nc2ccc(Br)cc12.Fc1nn(C2CCCCO2)c2ccc(Br)cc12. The van der Waals surface area contributed by atoms with Gasteiger partial charge in [0.05, 0.1) is 34.7 Å². The Morgan fingerprint density at radius 3 is 2.41 bits per heavy atom. The predicted octanol–water partition coefficient (Wildman–Crippen LogP) is 7.41. The van der Waals surface area contributed by atoms with Crippen molar-refractivity contribution in [3.63, 3.8) is 0 Å². The minimum Gasteiger partial charge on any atom is -0.502 e. The lowest BCUT2D eigenvalue weighted by Gasteiger charge is -2.23. The summed E-state index contributed by atoms with van der Waals surface area (Å²) in [4.78, 5) is 0. The molecule has 4 aromatic rings. The van der Waals surface area contributed by atoms with Crippen LogP contribution < -0.4 is 0 Å². The number of halogens is 4. The van der Waals surface area contributed by atoms with Crippen LogP contribution in [0, 0.1) is 11.9 Å². The van der Waals surface area contributed by atoms with E-state index in [1.807, 2.05) is 24.3 Å². The Balaban J connectivity index is 0.000000137. The predicted molar refractivity (Wildman–Crippen MR) is 134 cm³/mol. The molecular formula is C24H24Br2F2N4O2. The normalized spacial score (nSPS) is 17.5. The molecule has 0 bridgehead atoms. The minimum atomic E-state index is -0.435.